The Labute approximate surface area is 129 Å². The molecule has 0 unspecified atom stereocenters. The van der Waals surface area contributed by atoms with E-state index in [1.165, 1.54) is 13.3 Å². The van der Waals surface area contributed by atoms with Crippen LogP contribution in [0.25, 0.3) is 0 Å². The molecule has 1 rings (SSSR count). The molecule has 0 aliphatic heterocycles. The van der Waals surface area contributed by atoms with Crippen LogP contribution in [0.4, 0.5) is 12.9 Å². The van der Waals surface area contributed by atoms with Crippen LogP contribution in [0.2, 0.25) is 6.32 Å². The van der Waals surface area contributed by atoms with E-state index in [2.05, 4.69) is 4.98 Å². The quantitative estimate of drug-likeness (QED) is 0.664. The molecule has 15 heavy (non-hydrogen) atoms. The van der Waals surface area contributed by atoms with Crippen molar-refractivity contribution in [2.24, 2.45) is 0 Å². The van der Waals surface area contributed by atoms with E-state index < -0.39 is 13.3 Å². The number of aryl methyl sites for hydroxylation is 1. The van der Waals surface area contributed by atoms with Crippen molar-refractivity contribution in [3.05, 3.63) is 24.0 Å². The first-order valence-corrected chi connectivity index (χ1v) is 4.21. The van der Waals surface area contributed by atoms with Gasteiger partial charge in [0.25, 0.3) is 0 Å². The Hall–Kier alpha value is 0.441. The summed E-state index contributed by atoms with van der Waals surface area (Å²) >= 11 is 0. The van der Waals surface area contributed by atoms with Crippen molar-refractivity contribution in [2.45, 2.75) is 12.7 Å². The summed E-state index contributed by atoms with van der Waals surface area (Å²) in [6, 6.07) is 3.15. The number of halogens is 3. The van der Waals surface area contributed by atoms with Gasteiger partial charge >= 0.3 is 58.4 Å². The van der Waals surface area contributed by atoms with E-state index in [0.717, 1.165) is 0 Å². The molecule has 0 N–H and O–H groups in total. The topological polar surface area (TPSA) is 22.1 Å². The first kappa shape index (κ1) is 15.4. The third kappa shape index (κ3) is 6.57. The number of methoxy groups -OCH3 is 1. The van der Waals surface area contributed by atoms with Crippen LogP contribution in [0.5, 0.6) is 5.75 Å². The van der Waals surface area contributed by atoms with E-state index in [0.29, 0.717) is 11.4 Å². The van der Waals surface area contributed by atoms with E-state index in [-0.39, 0.29) is 57.8 Å². The number of pyridine rings is 1. The number of rotatable bonds is 4. The maximum Gasteiger partial charge on any atom is 1.00 e. The second kappa shape index (κ2) is 6.90. The van der Waals surface area contributed by atoms with Crippen molar-refractivity contribution in [3.8, 4) is 5.75 Å². The van der Waals surface area contributed by atoms with Gasteiger partial charge < -0.3 is 17.7 Å². The zero-order valence-electron chi connectivity index (χ0n) is 8.71. The first-order chi connectivity index (χ1) is 6.51. The molecule has 0 fully saturated rings. The fourth-order valence-electron chi connectivity index (χ4n) is 0.991. The molecule has 0 amide bonds. The van der Waals surface area contributed by atoms with Gasteiger partial charge in [0, 0.05) is 5.69 Å². The number of ether oxygens (including phenoxy) is 1. The number of hydrogen-bond acceptors (Lipinski definition) is 2. The van der Waals surface area contributed by atoms with E-state index in [4.69, 9.17) is 4.74 Å². The van der Waals surface area contributed by atoms with E-state index in [1.54, 1.807) is 12.1 Å². The normalized spacial score (nSPS) is 10.7. The van der Waals surface area contributed by atoms with Crippen LogP contribution in [0.3, 0.4) is 0 Å². The van der Waals surface area contributed by atoms with Gasteiger partial charge in [-0.2, -0.15) is 0 Å². The molecule has 0 radical (unpaired) electrons. The minimum absolute atomic E-state index is 0. The molecule has 1 heterocycles. The molecule has 1 aromatic heterocycles. The van der Waals surface area contributed by atoms with E-state index >= 15 is 0 Å². The fourth-order valence-corrected chi connectivity index (χ4v) is 0.991. The predicted molar refractivity (Wildman–Crippen MR) is 48.4 cm³/mol. The van der Waals surface area contributed by atoms with Crippen LogP contribution < -0.4 is 56.1 Å². The molecular weight excluding hydrogens is 233 g/mol. The molecule has 78 valence electrons. The van der Waals surface area contributed by atoms with Gasteiger partial charge in [0.15, 0.2) is 0 Å². The van der Waals surface area contributed by atoms with E-state index in [1.807, 2.05) is 0 Å². The zero-order chi connectivity index (χ0) is 10.6. The second-order valence-electron chi connectivity index (χ2n) is 2.94. The summed E-state index contributed by atoms with van der Waals surface area (Å²) in [5.74, 6) is 0.547. The number of nitrogens with zero attached hydrogens (tertiary/aromatic N) is 1. The summed E-state index contributed by atoms with van der Waals surface area (Å²) in [5.41, 5.74) is 0.435. The Morgan fingerprint density at radius 2 is 2.00 bits per heavy atom. The average molecular weight is 243 g/mol. The SMILES string of the molecule is COc1ccc(CC[B-](F)(F)F)nc1.[K+]. The van der Waals surface area contributed by atoms with Crippen molar-refractivity contribution in [2.75, 3.05) is 7.11 Å². The minimum Gasteiger partial charge on any atom is -0.495 e. The summed E-state index contributed by atoms with van der Waals surface area (Å²) in [6.07, 6.45) is 0.575. The Morgan fingerprint density at radius 1 is 1.33 bits per heavy atom. The van der Waals surface area contributed by atoms with Crippen LogP contribution in [-0.4, -0.2) is 19.1 Å². The molecule has 0 spiro atoms. The van der Waals surface area contributed by atoms with Gasteiger partial charge in [0.1, 0.15) is 5.75 Å². The van der Waals surface area contributed by atoms with Gasteiger partial charge in [-0.1, -0.05) is 6.32 Å². The molecular formula is C8H10BF3KNO. The Morgan fingerprint density at radius 3 is 2.40 bits per heavy atom. The Kier molecular flexibility index (Phi) is 7.11. The summed E-state index contributed by atoms with van der Waals surface area (Å²) in [4.78, 5) is 3.84. The van der Waals surface area contributed by atoms with Crippen LogP contribution in [-0.2, 0) is 6.42 Å². The third-order valence-electron chi connectivity index (χ3n) is 1.76. The summed E-state index contributed by atoms with van der Waals surface area (Å²) < 4.78 is 40.5. The first-order valence-electron chi connectivity index (χ1n) is 4.21. The summed E-state index contributed by atoms with van der Waals surface area (Å²) in [6.45, 7) is -4.71. The van der Waals surface area contributed by atoms with Crippen molar-refractivity contribution < 1.29 is 69.1 Å². The molecule has 0 saturated heterocycles. The summed E-state index contributed by atoms with van der Waals surface area (Å²) in [5, 5.41) is 0. The van der Waals surface area contributed by atoms with Crippen LogP contribution in [0, 0.1) is 0 Å². The molecule has 0 aromatic carbocycles. The van der Waals surface area contributed by atoms with Gasteiger partial charge in [-0.25, -0.2) is 0 Å². The number of hydrogen-bond donors (Lipinski definition) is 0. The molecule has 0 aliphatic rings. The van der Waals surface area contributed by atoms with E-state index in [9.17, 15) is 12.9 Å². The molecule has 1 aromatic rings. The molecule has 0 saturated carbocycles. The van der Waals surface area contributed by atoms with Gasteiger partial charge in [-0.3, -0.25) is 4.98 Å². The van der Waals surface area contributed by atoms with Crippen LogP contribution in [0.1, 0.15) is 5.69 Å². The van der Waals surface area contributed by atoms with Gasteiger partial charge in [0.2, 0.25) is 0 Å². The third-order valence-corrected chi connectivity index (χ3v) is 1.76. The minimum atomic E-state index is -4.71. The number of aromatic nitrogens is 1. The molecule has 0 atom stereocenters. The van der Waals surface area contributed by atoms with Crippen LogP contribution >= 0.6 is 0 Å². The molecule has 7 heteroatoms. The van der Waals surface area contributed by atoms with Gasteiger partial charge in [0.05, 0.1) is 13.3 Å². The maximum absolute atomic E-state index is 11.9. The van der Waals surface area contributed by atoms with Gasteiger partial charge in [-0.15, -0.1) is 0 Å². The molecule has 2 nitrogen and oxygen atoms in total. The molecule has 0 bridgehead atoms. The van der Waals surface area contributed by atoms with Gasteiger partial charge in [-0.05, 0) is 18.6 Å². The Bertz CT molecular complexity index is 291. The summed E-state index contributed by atoms with van der Waals surface area (Å²) in [7, 11) is 1.48. The fraction of sp³-hybridized carbons (Fsp3) is 0.375. The monoisotopic (exact) mass is 243 g/mol. The second-order valence-corrected chi connectivity index (χ2v) is 2.94. The Balaban J connectivity index is 0.00000196. The van der Waals surface area contributed by atoms with Crippen molar-refractivity contribution >= 4 is 6.98 Å². The van der Waals surface area contributed by atoms with Crippen molar-refractivity contribution in [3.63, 3.8) is 0 Å². The maximum atomic E-state index is 11.9. The van der Waals surface area contributed by atoms with Crippen molar-refractivity contribution in [1.82, 2.24) is 4.98 Å². The zero-order valence-corrected chi connectivity index (χ0v) is 11.8. The standard InChI is InChI=1S/C8H10BF3NO.K/c1-14-8-3-2-7(13-6-8)4-5-9(10,11)12;/h2-3,6H,4-5H2,1H3;/q-1;+1. The molecule has 0 aliphatic carbocycles. The predicted octanol–water partition coefficient (Wildman–Crippen LogP) is -0.516. The average Bonchev–Trinajstić information content (AvgIpc) is 2.14. The largest absolute Gasteiger partial charge is 1.00 e. The van der Waals surface area contributed by atoms with Crippen LogP contribution in [0.15, 0.2) is 18.3 Å². The smallest absolute Gasteiger partial charge is 0.495 e. The van der Waals surface area contributed by atoms with Crippen molar-refractivity contribution in [1.29, 1.82) is 0 Å².